The molecule has 0 saturated heterocycles. The van der Waals surface area contributed by atoms with E-state index in [1.165, 1.54) is 7.11 Å². The van der Waals surface area contributed by atoms with Gasteiger partial charge in [-0.25, -0.2) is 9.59 Å². The number of hydrogen-bond donors (Lipinski definition) is 1. The van der Waals surface area contributed by atoms with Crippen LogP contribution in [-0.4, -0.2) is 43.2 Å². The van der Waals surface area contributed by atoms with Gasteiger partial charge in [-0.15, -0.1) is 0 Å². The van der Waals surface area contributed by atoms with Crippen molar-refractivity contribution in [1.82, 2.24) is 5.32 Å². The molecule has 1 N–H and O–H groups in total. The Hall–Kier alpha value is -3.26. The Balaban J connectivity index is 2.27. The minimum absolute atomic E-state index is 0.0618. The third-order valence-corrected chi connectivity index (χ3v) is 4.93. The lowest BCUT2D eigenvalue weighted by Gasteiger charge is -2.36. The molecule has 0 radical (unpaired) electrons. The number of rotatable bonds is 11. The van der Waals surface area contributed by atoms with Crippen LogP contribution in [0, 0.1) is 0 Å². The second-order valence-corrected chi connectivity index (χ2v) is 8.97. The lowest BCUT2D eigenvalue weighted by molar-refractivity contribution is -0.153. The van der Waals surface area contributed by atoms with Crippen LogP contribution in [0.2, 0.25) is 0 Å². The Morgan fingerprint density at radius 3 is 2.26 bits per heavy atom. The zero-order valence-corrected chi connectivity index (χ0v) is 20.8. The molecule has 186 valence electrons. The predicted molar refractivity (Wildman–Crippen MR) is 128 cm³/mol. The van der Waals surface area contributed by atoms with Crippen LogP contribution >= 0.6 is 0 Å². The quantitative estimate of drug-likeness (QED) is 0.368. The first-order valence-corrected chi connectivity index (χ1v) is 11.2. The molecule has 0 fully saturated rings. The molecular weight excluding hydrogens is 438 g/mol. The van der Waals surface area contributed by atoms with Crippen molar-refractivity contribution >= 4 is 12.1 Å². The molecule has 8 nitrogen and oxygen atoms in total. The molecule has 0 aliphatic heterocycles. The minimum Gasteiger partial charge on any atom is -0.485 e. The van der Waals surface area contributed by atoms with Crippen LogP contribution in [0.5, 0.6) is 11.5 Å². The van der Waals surface area contributed by atoms with Crippen LogP contribution in [0.3, 0.4) is 0 Å². The Labute approximate surface area is 201 Å². The van der Waals surface area contributed by atoms with Gasteiger partial charge in [0.15, 0.2) is 12.8 Å². The summed E-state index contributed by atoms with van der Waals surface area (Å²) in [6, 6.07) is 15.1. The predicted octanol–water partition coefficient (Wildman–Crippen LogP) is 4.85. The van der Waals surface area contributed by atoms with Gasteiger partial charge in [0.25, 0.3) is 0 Å². The van der Waals surface area contributed by atoms with E-state index in [9.17, 15) is 9.59 Å². The molecule has 2 aromatic rings. The summed E-state index contributed by atoms with van der Waals surface area (Å²) in [6.07, 6.45) is -0.355. The van der Waals surface area contributed by atoms with Crippen molar-refractivity contribution < 1.29 is 33.3 Å². The first-order chi connectivity index (χ1) is 16.1. The molecule has 0 aliphatic rings. The van der Waals surface area contributed by atoms with Crippen molar-refractivity contribution in [1.29, 1.82) is 0 Å². The molecule has 2 aromatic carbocycles. The van der Waals surface area contributed by atoms with Crippen LogP contribution in [0.1, 0.15) is 46.6 Å². The maximum absolute atomic E-state index is 13.2. The molecule has 0 aromatic heterocycles. The molecule has 2 atom stereocenters. The monoisotopic (exact) mass is 473 g/mol. The fourth-order valence-corrected chi connectivity index (χ4v) is 3.06. The summed E-state index contributed by atoms with van der Waals surface area (Å²) < 4.78 is 27.6. The number of amides is 1. The van der Waals surface area contributed by atoms with Crippen molar-refractivity contribution in [2.75, 3.05) is 13.9 Å². The van der Waals surface area contributed by atoms with Crippen molar-refractivity contribution in [2.24, 2.45) is 0 Å². The Kier molecular flexibility index (Phi) is 9.74. The van der Waals surface area contributed by atoms with Gasteiger partial charge in [0, 0.05) is 13.2 Å². The van der Waals surface area contributed by atoms with E-state index in [1.807, 2.05) is 37.3 Å². The van der Waals surface area contributed by atoms with E-state index in [2.05, 4.69) is 5.32 Å². The SMILES string of the molecule is CC[C@@](C)(Oc1cccc(OCOC)c1)[C@H](NC(=O)OC(C)(C)C)C(=O)OCc1ccccc1. The third kappa shape index (κ3) is 8.59. The molecule has 0 heterocycles. The Morgan fingerprint density at radius 1 is 0.971 bits per heavy atom. The minimum atomic E-state index is -1.15. The fourth-order valence-electron chi connectivity index (χ4n) is 3.06. The van der Waals surface area contributed by atoms with Gasteiger partial charge in [0.1, 0.15) is 29.3 Å². The van der Waals surface area contributed by atoms with Crippen LogP contribution in [0.25, 0.3) is 0 Å². The number of carbonyl (C=O) groups excluding carboxylic acids is 2. The standard InChI is InChI=1S/C26H35NO7/c1-7-26(5,33-21-15-11-14-20(16-21)32-18-30-6)22(27-24(29)34-25(2,3)4)23(28)31-17-19-12-9-8-10-13-19/h8-16,22H,7,17-18H2,1-6H3,(H,27,29)/t22-,26-/m1/s1. The van der Waals surface area contributed by atoms with Crippen molar-refractivity contribution in [2.45, 2.75) is 64.9 Å². The number of esters is 1. The van der Waals surface area contributed by atoms with E-state index >= 15 is 0 Å². The van der Waals surface area contributed by atoms with E-state index in [0.717, 1.165) is 5.56 Å². The van der Waals surface area contributed by atoms with Crippen LogP contribution in [0.15, 0.2) is 54.6 Å². The topological polar surface area (TPSA) is 92.3 Å². The highest BCUT2D eigenvalue weighted by atomic mass is 16.7. The number of carbonyl (C=O) groups is 2. The summed E-state index contributed by atoms with van der Waals surface area (Å²) >= 11 is 0. The number of nitrogens with one attached hydrogen (secondary N) is 1. The zero-order chi connectivity index (χ0) is 25.2. The van der Waals surface area contributed by atoms with Crippen molar-refractivity contribution in [3.05, 3.63) is 60.2 Å². The highest BCUT2D eigenvalue weighted by Gasteiger charge is 2.43. The Morgan fingerprint density at radius 2 is 1.65 bits per heavy atom. The molecular formula is C26H35NO7. The molecule has 1 amide bonds. The molecule has 0 unspecified atom stereocenters. The second-order valence-electron chi connectivity index (χ2n) is 8.97. The summed E-state index contributed by atoms with van der Waals surface area (Å²) in [7, 11) is 1.53. The van der Waals surface area contributed by atoms with Crippen LogP contribution < -0.4 is 14.8 Å². The number of methoxy groups -OCH3 is 1. The van der Waals surface area contributed by atoms with E-state index in [4.69, 9.17) is 23.7 Å². The van der Waals surface area contributed by atoms with Crippen molar-refractivity contribution in [3.63, 3.8) is 0 Å². The average Bonchev–Trinajstić information content (AvgIpc) is 2.79. The summed E-state index contributed by atoms with van der Waals surface area (Å²) in [4.78, 5) is 25.8. The fraction of sp³-hybridized carbons (Fsp3) is 0.462. The Bertz CT molecular complexity index is 926. The summed E-state index contributed by atoms with van der Waals surface area (Å²) in [5.74, 6) is 0.372. The number of ether oxygens (including phenoxy) is 5. The van der Waals surface area contributed by atoms with Gasteiger partial charge in [-0.1, -0.05) is 43.3 Å². The van der Waals surface area contributed by atoms with Gasteiger partial charge in [0.2, 0.25) is 0 Å². The summed E-state index contributed by atoms with van der Waals surface area (Å²) in [5.41, 5.74) is -1.06. The largest absolute Gasteiger partial charge is 0.485 e. The maximum Gasteiger partial charge on any atom is 0.408 e. The highest BCUT2D eigenvalue weighted by Crippen LogP contribution is 2.28. The van der Waals surface area contributed by atoms with Crippen molar-refractivity contribution in [3.8, 4) is 11.5 Å². The van der Waals surface area contributed by atoms with Gasteiger partial charge in [-0.3, -0.25) is 0 Å². The van der Waals surface area contributed by atoms with Gasteiger partial charge in [0.05, 0.1) is 0 Å². The first-order valence-electron chi connectivity index (χ1n) is 11.2. The first kappa shape index (κ1) is 27.0. The summed E-state index contributed by atoms with van der Waals surface area (Å²) in [6.45, 7) is 8.99. The van der Waals surface area contributed by atoms with E-state index < -0.39 is 29.3 Å². The average molecular weight is 474 g/mol. The molecule has 0 aliphatic carbocycles. The second kappa shape index (κ2) is 12.3. The zero-order valence-electron chi connectivity index (χ0n) is 20.8. The lowest BCUT2D eigenvalue weighted by Crippen LogP contribution is -2.59. The smallest absolute Gasteiger partial charge is 0.408 e. The number of benzene rings is 2. The molecule has 0 spiro atoms. The van der Waals surface area contributed by atoms with Crippen LogP contribution in [-0.2, 0) is 25.6 Å². The number of hydrogen-bond acceptors (Lipinski definition) is 7. The van der Waals surface area contributed by atoms with E-state index in [-0.39, 0.29) is 13.4 Å². The molecule has 0 saturated carbocycles. The van der Waals surface area contributed by atoms with Gasteiger partial charge in [-0.05, 0) is 51.8 Å². The number of alkyl carbamates (subject to hydrolysis) is 1. The normalized spacial score (nSPS) is 13.8. The highest BCUT2D eigenvalue weighted by molar-refractivity contribution is 5.83. The van der Waals surface area contributed by atoms with Gasteiger partial charge < -0.3 is 29.0 Å². The van der Waals surface area contributed by atoms with Gasteiger partial charge in [-0.2, -0.15) is 0 Å². The maximum atomic E-state index is 13.2. The third-order valence-electron chi connectivity index (χ3n) is 4.93. The molecule has 2 rings (SSSR count). The van der Waals surface area contributed by atoms with E-state index in [0.29, 0.717) is 17.9 Å². The summed E-state index contributed by atoms with van der Waals surface area (Å²) in [5, 5.41) is 2.66. The van der Waals surface area contributed by atoms with E-state index in [1.54, 1.807) is 52.0 Å². The van der Waals surface area contributed by atoms with Gasteiger partial charge >= 0.3 is 12.1 Å². The van der Waals surface area contributed by atoms with Crippen LogP contribution in [0.4, 0.5) is 4.79 Å². The lowest BCUT2D eigenvalue weighted by atomic mass is 9.92. The molecule has 0 bridgehead atoms. The molecule has 8 heteroatoms. The molecule has 34 heavy (non-hydrogen) atoms.